The Labute approximate surface area is 243 Å². The Kier molecular flexibility index (Phi) is 7.96. The highest BCUT2D eigenvalue weighted by Gasteiger charge is 2.51. The van der Waals surface area contributed by atoms with Crippen molar-refractivity contribution in [3.8, 4) is 10.7 Å². The van der Waals surface area contributed by atoms with Gasteiger partial charge in [0.2, 0.25) is 0 Å². The van der Waals surface area contributed by atoms with Gasteiger partial charge in [-0.15, -0.1) is 21.5 Å². The molecule has 0 spiro atoms. The van der Waals surface area contributed by atoms with Crippen LogP contribution in [0.5, 0.6) is 0 Å². The second-order valence-corrected chi connectivity index (χ2v) is 15.3. The van der Waals surface area contributed by atoms with Gasteiger partial charge in [0.25, 0.3) is 5.56 Å². The van der Waals surface area contributed by atoms with Crippen LogP contribution in [0.4, 0.5) is 4.39 Å². The predicted octanol–water partition coefficient (Wildman–Crippen LogP) is 1.68. The fourth-order valence-electron chi connectivity index (χ4n) is 4.12. The fourth-order valence-corrected chi connectivity index (χ4v) is 7.17. The van der Waals surface area contributed by atoms with E-state index in [4.69, 9.17) is 34.6 Å². The first-order chi connectivity index (χ1) is 19.5. The molecule has 17 nitrogen and oxygen atoms in total. The van der Waals surface area contributed by atoms with E-state index in [-0.39, 0.29) is 36.0 Å². The summed E-state index contributed by atoms with van der Waals surface area (Å²) in [6.45, 7) is -7.70. The summed E-state index contributed by atoms with van der Waals surface area (Å²) in [5.41, 5.74) is 0.843. The van der Waals surface area contributed by atoms with E-state index in [0.717, 1.165) is 4.68 Å². The number of halogens is 1. The fraction of sp³-hybridized carbons (Fsp3) is 0.500. The number of fused-ring (bicyclic) bond motifs is 4. The molecule has 4 aromatic rings. The van der Waals surface area contributed by atoms with Gasteiger partial charge in [0.15, 0.2) is 35.2 Å². The van der Waals surface area contributed by atoms with E-state index in [2.05, 4.69) is 47.6 Å². The normalized spacial score (nSPS) is 31.5. The van der Waals surface area contributed by atoms with E-state index in [0.29, 0.717) is 10.7 Å². The second-order valence-electron chi connectivity index (χ2n) is 8.72. The molecule has 2 aliphatic rings. The average molecular weight is 668 g/mol. The van der Waals surface area contributed by atoms with Crippen molar-refractivity contribution in [2.75, 3.05) is 13.2 Å². The molecular formula is C18H20FN9O8P2S3. The number of hydrogen-bond donors (Lipinski definition) is 3. The highest BCUT2D eigenvalue weighted by atomic mass is 32.7. The summed E-state index contributed by atoms with van der Waals surface area (Å²) >= 11 is 10.4. The van der Waals surface area contributed by atoms with Crippen LogP contribution in [-0.2, 0) is 52.4 Å². The molecular weight excluding hydrogens is 647 g/mol. The van der Waals surface area contributed by atoms with Gasteiger partial charge < -0.3 is 23.7 Å². The molecule has 6 heterocycles. The first kappa shape index (κ1) is 29.1. The number of aromatic nitrogens is 9. The molecule has 41 heavy (non-hydrogen) atoms. The van der Waals surface area contributed by atoms with E-state index in [1.807, 2.05) is 0 Å². The minimum Gasteiger partial charge on any atom is -0.345 e. The van der Waals surface area contributed by atoms with Gasteiger partial charge in [-0.25, -0.2) is 23.6 Å². The number of ether oxygens (including phenoxy) is 1. The third kappa shape index (κ3) is 6.07. The summed E-state index contributed by atoms with van der Waals surface area (Å²) in [5.74, 6) is 0.747. The summed E-state index contributed by atoms with van der Waals surface area (Å²) < 4.78 is 59.2. The zero-order chi connectivity index (χ0) is 28.9. The lowest BCUT2D eigenvalue weighted by molar-refractivity contribution is -0.0521. The molecule has 0 aliphatic carbocycles. The number of alkyl halides is 1. The third-order valence-corrected chi connectivity index (χ3v) is 9.91. The van der Waals surface area contributed by atoms with Crippen LogP contribution in [0, 0.1) is 6.92 Å². The van der Waals surface area contributed by atoms with Gasteiger partial charge in [-0.1, -0.05) is 17.5 Å². The Morgan fingerprint density at radius 2 is 2.15 bits per heavy atom. The Bertz CT molecular complexity index is 1740. The lowest BCUT2D eigenvalue weighted by atomic mass is 10.1. The minimum absolute atomic E-state index is 0.0396. The molecule has 2 bridgehead atoms. The summed E-state index contributed by atoms with van der Waals surface area (Å²) in [7, 11) is 0. The van der Waals surface area contributed by atoms with Gasteiger partial charge >= 0.3 is 13.5 Å². The van der Waals surface area contributed by atoms with Crippen molar-refractivity contribution in [2.24, 2.45) is 0 Å². The molecule has 2 N–H and O–H groups in total. The van der Waals surface area contributed by atoms with Gasteiger partial charge in [0.1, 0.15) is 24.6 Å². The van der Waals surface area contributed by atoms with Crippen molar-refractivity contribution in [1.29, 1.82) is 0 Å². The van der Waals surface area contributed by atoms with E-state index in [9.17, 15) is 14.3 Å². The Morgan fingerprint density at radius 3 is 2.93 bits per heavy atom. The molecule has 220 valence electrons. The lowest BCUT2D eigenvalue weighted by Gasteiger charge is -2.23. The van der Waals surface area contributed by atoms with Gasteiger partial charge in [0.05, 0.1) is 30.1 Å². The number of hydrogen-bond acceptors (Lipinski definition) is 15. The quantitative estimate of drug-likeness (QED) is 0.206. The van der Waals surface area contributed by atoms with Crippen molar-refractivity contribution >= 4 is 60.1 Å². The van der Waals surface area contributed by atoms with Crippen molar-refractivity contribution in [2.45, 2.75) is 44.7 Å². The number of H-pyrrole nitrogens is 1. The maximum absolute atomic E-state index is 15.8. The van der Waals surface area contributed by atoms with Crippen LogP contribution in [0.1, 0.15) is 17.9 Å². The average Bonchev–Trinajstić information content (AvgIpc) is 3.69. The van der Waals surface area contributed by atoms with Crippen LogP contribution in [-0.4, -0.2) is 81.2 Å². The van der Waals surface area contributed by atoms with Crippen LogP contribution in [0.2, 0.25) is 0 Å². The first-order valence-electron chi connectivity index (χ1n) is 11.7. The third-order valence-electron chi connectivity index (χ3n) is 5.93. The number of rotatable bonds is 2. The molecule has 4 aromatic heterocycles. The molecule has 2 aliphatic heterocycles. The molecule has 0 radical (unpaired) electrons. The van der Waals surface area contributed by atoms with Crippen LogP contribution in [0.3, 0.4) is 0 Å². The molecule has 0 aromatic carbocycles. The van der Waals surface area contributed by atoms with Crippen molar-refractivity contribution in [3.05, 3.63) is 33.7 Å². The monoisotopic (exact) mass is 667 g/mol. The number of thiazole rings is 1. The molecule has 23 heteroatoms. The maximum Gasteiger partial charge on any atom is 0.387 e. The number of thiol groups is 1. The van der Waals surface area contributed by atoms with E-state index >= 15 is 4.39 Å². The number of nitrogens with zero attached hydrogens (tertiary/aromatic N) is 8. The second kappa shape index (κ2) is 11.2. The summed E-state index contributed by atoms with van der Waals surface area (Å²) in [4.78, 5) is 38.7. The summed E-state index contributed by atoms with van der Waals surface area (Å²) in [6, 6.07) is 0. The molecule has 2 unspecified atom stereocenters. The Morgan fingerprint density at radius 1 is 1.32 bits per heavy atom. The lowest BCUT2D eigenvalue weighted by Crippen LogP contribution is -2.32. The van der Waals surface area contributed by atoms with Gasteiger partial charge in [0, 0.05) is 6.20 Å². The largest absolute Gasteiger partial charge is 0.387 e. The molecule has 1 saturated heterocycles. The van der Waals surface area contributed by atoms with Crippen LogP contribution in [0.15, 0.2) is 16.5 Å². The standard InChI is InChI=1S/C18H20FN9O8P2S3/c1-8-21-16-13(17(29)22-8)24-26-28(16)18-14-12(19)9(35-18)5-33-37(30,39)32-3-2-27-11(6-34-38(31,40)36-14)23-15(25-27)10-4-20-7-41-10/h4,7,9,12,14,18H,2-3,5-6H2,1H3,(H,30,39)(H,31,40)(H,21,22,29)/t9-,12-,14-,18-,37?,38?/m1/s1. The zero-order valence-electron chi connectivity index (χ0n) is 20.7. The first-order valence-corrected chi connectivity index (χ1v) is 17.9. The molecule has 1 fully saturated rings. The topological polar surface area (TPSA) is 204 Å². The van der Waals surface area contributed by atoms with E-state index in [1.54, 1.807) is 11.7 Å². The summed E-state index contributed by atoms with van der Waals surface area (Å²) in [6.07, 6.45) is -4.96. The van der Waals surface area contributed by atoms with Gasteiger partial charge in [-0.05, 0) is 18.7 Å². The van der Waals surface area contributed by atoms with E-state index < -0.39 is 56.9 Å². The minimum atomic E-state index is -4.31. The van der Waals surface area contributed by atoms with Gasteiger partial charge in [-0.3, -0.25) is 18.8 Å². The van der Waals surface area contributed by atoms with Crippen molar-refractivity contribution in [3.63, 3.8) is 0 Å². The van der Waals surface area contributed by atoms with Crippen molar-refractivity contribution < 1.29 is 36.7 Å². The van der Waals surface area contributed by atoms with Crippen LogP contribution < -0.4 is 5.56 Å². The zero-order valence-corrected chi connectivity index (χ0v) is 25.0. The highest BCUT2D eigenvalue weighted by Crippen LogP contribution is 2.57. The number of aromatic amines is 1. The predicted molar refractivity (Wildman–Crippen MR) is 145 cm³/mol. The van der Waals surface area contributed by atoms with Crippen molar-refractivity contribution in [1.82, 2.24) is 44.7 Å². The molecule has 6 atom stereocenters. The smallest absolute Gasteiger partial charge is 0.345 e. The molecule has 0 saturated carbocycles. The molecule has 6 rings (SSSR count). The number of nitrogens with one attached hydrogen (secondary N) is 1. The Hall–Kier alpha value is -2.03. The number of aryl methyl sites for hydroxylation is 1. The van der Waals surface area contributed by atoms with Crippen LogP contribution in [0.25, 0.3) is 21.9 Å². The van der Waals surface area contributed by atoms with Crippen LogP contribution >= 0.6 is 37.1 Å². The SMILES string of the molecule is Cc1nc2c(nnn2[C@@H]2O[C@@H]3COP(O)(=S)OCCn4nc(-c5cncs5)nc4COP(=O)(S)O[C@@H]2[C@@H]3F)c(=O)[nH]1. The highest BCUT2D eigenvalue weighted by molar-refractivity contribution is 8.44. The summed E-state index contributed by atoms with van der Waals surface area (Å²) in [5, 5.41) is 12.1. The molecule has 0 amide bonds. The Balaban J connectivity index is 1.35. The van der Waals surface area contributed by atoms with E-state index in [1.165, 1.54) is 22.9 Å². The van der Waals surface area contributed by atoms with Gasteiger partial charge in [-0.2, -0.15) is 4.68 Å². The maximum atomic E-state index is 15.8.